The number of carbonyl (C=O) groups is 2. The minimum Gasteiger partial charge on any atom is -0.503 e. The molecule has 1 aliphatic heterocycles. The van der Waals surface area contributed by atoms with Crippen LogP contribution in [0.3, 0.4) is 0 Å². The van der Waals surface area contributed by atoms with Crippen molar-refractivity contribution in [2.24, 2.45) is 0 Å². The summed E-state index contributed by atoms with van der Waals surface area (Å²) in [5.74, 6) is -1.50. The number of amides is 1. The smallest absolute Gasteiger partial charge is 0.296 e. The zero-order valence-corrected chi connectivity index (χ0v) is 20.1. The molecule has 1 N–H and O–H groups in total. The number of aliphatic hydroxyl groups excluding tert-OH is 1. The van der Waals surface area contributed by atoms with Crippen LogP contribution < -0.4 is 4.90 Å². The van der Waals surface area contributed by atoms with Gasteiger partial charge in [0.1, 0.15) is 0 Å². The Morgan fingerprint density at radius 1 is 1.19 bits per heavy atom. The third kappa shape index (κ3) is 3.48. The number of thiophene rings is 1. The topological polar surface area (TPSA) is 70.5 Å². The van der Waals surface area contributed by atoms with Crippen LogP contribution in [0.2, 0.25) is 0 Å². The van der Waals surface area contributed by atoms with Gasteiger partial charge in [-0.15, -0.1) is 11.3 Å². The van der Waals surface area contributed by atoms with Crippen LogP contribution in [0.15, 0.2) is 75.8 Å². The summed E-state index contributed by atoms with van der Waals surface area (Å²) in [5, 5.41) is 13.1. The zero-order valence-electron chi connectivity index (χ0n) is 16.9. The van der Waals surface area contributed by atoms with Crippen molar-refractivity contribution >= 4 is 65.6 Å². The van der Waals surface area contributed by atoms with E-state index < -0.39 is 17.7 Å². The Morgan fingerprint density at radius 2 is 2.03 bits per heavy atom. The van der Waals surface area contributed by atoms with Crippen LogP contribution in [0, 0.1) is 0 Å². The molecule has 0 saturated heterocycles. The minimum atomic E-state index is -0.777. The van der Waals surface area contributed by atoms with E-state index in [1.165, 1.54) is 33.1 Å². The van der Waals surface area contributed by atoms with E-state index in [4.69, 9.17) is 0 Å². The van der Waals surface area contributed by atoms with Crippen molar-refractivity contribution in [3.8, 4) is 0 Å². The van der Waals surface area contributed by atoms with Crippen molar-refractivity contribution < 1.29 is 14.7 Å². The Balaban J connectivity index is 1.68. The standard InChI is InChI=1S/C24H17BrN2O3S2/c1-2-13-8-9-16-18(11-13)32-24(26-16)27-20(14-5-3-6-15(25)12-14)19(22(29)23(27)30)21(28)17-7-4-10-31-17/h3-12,20,29H,2H2,1H3/t20-/m0/s1. The maximum absolute atomic E-state index is 13.4. The van der Waals surface area contributed by atoms with Crippen molar-refractivity contribution in [1.82, 2.24) is 4.98 Å². The number of aliphatic hydroxyl groups is 1. The van der Waals surface area contributed by atoms with Gasteiger partial charge >= 0.3 is 0 Å². The van der Waals surface area contributed by atoms with Crippen molar-refractivity contribution in [3.63, 3.8) is 0 Å². The summed E-state index contributed by atoms with van der Waals surface area (Å²) in [6, 6.07) is 16.1. The minimum absolute atomic E-state index is 0.0732. The van der Waals surface area contributed by atoms with Crippen LogP contribution in [0.5, 0.6) is 0 Å². The van der Waals surface area contributed by atoms with Gasteiger partial charge in [-0.25, -0.2) is 4.98 Å². The van der Waals surface area contributed by atoms with Gasteiger partial charge in [-0.2, -0.15) is 0 Å². The van der Waals surface area contributed by atoms with Crippen molar-refractivity contribution in [3.05, 3.63) is 91.8 Å². The molecule has 1 aliphatic rings. The van der Waals surface area contributed by atoms with E-state index in [2.05, 4.69) is 33.9 Å². The lowest BCUT2D eigenvalue weighted by atomic mass is 9.96. The van der Waals surface area contributed by atoms with E-state index in [9.17, 15) is 14.7 Å². The van der Waals surface area contributed by atoms with Gasteiger partial charge in [-0.3, -0.25) is 14.5 Å². The van der Waals surface area contributed by atoms with Crippen molar-refractivity contribution in [2.45, 2.75) is 19.4 Å². The van der Waals surface area contributed by atoms with Gasteiger partial charge in [0.15, 0.2) is 10.9 Å². The fourth-order valence-electron chi connectivity index (χ4n) is 3.85. The Bertz CT molecular complexity index is 1390. The van der Waals surface area contributed by atoms with E-state index in [1.54, 1.807) is 17.5 Å². The Labute approximate surface area is 200 Å². The molecule has 0 spiro atoms. The molecule has 0 saturated carbocycles. The Morgan fingerprint density at radius 3 is 2.75 bits per heavy atom. The molecule has 3 heterocycles. The molecule has 32 heavy (non-hydrogen) atoms. The Hall–Kier alpha value is -2.81. The highest BCUT2D eigenvalue weighted by Crippen LogP contribution is 2.44. The van der Waals surface area contributed by atoms with Crippen LogP contribution in [-0.4, -0.2) is 21.8 Å². The first kappa shape index (κ1) is 21.1. The number of ketones is 1. The van der Waals surface area contributed by atoms with E-state index in [1.807, 2.05) is 36.4 Å². The molecule has 5 rings (SSSR count). The molecule has 5 nitrogen and oxygen atoms in total. The number of carbonyl (C=O) groups excluding carboxylic acids is 2. The molecule has 1 amide bonds. The second kappa shape index (κ2) is 8.27. The number of rotatable bonds is 5. The number of hydrogen-bond donors (Lipinski definition) is 1. The summed E-state index contributed by atoms with van der Waals surface area (Å²) in [7, 11) is 0. The number of Topliss-reactive ketones (excluding diaryl/α,β-unsaturated/α-hetero) is 1. The zero-order chi connectivity index (χ0) is 22.4. The summed E-state index contributed by atoms with van der Waals surface area (Å²) in [6.45, 7) is 2.08. The van der Waals surface area contributed by atoms with Crippen LogP contribution in [0.25, 0.3) is 10.2 Å². The molecular weight excluding hydrogens is 508 g/mol. The van der Waals surface area contributed by atoms with Crippen molar-refractivity contribution in [2.75, 3.05) is 4.90 Å². The molecular formula is C24H17BrN2O3S2. The van der Waals surface area contributed by atoms with Gasteiger partial charge in [0.2, 0.25) is 5.78 Å². The summed E-state index contributed by atoms with van der Waals surface area (Å²) in [4.78, 5) is 33.2. The molecule has 0 unspecified atom stereocenters. The number of thiazole rings is 1. The molecule has 1 atom stereocenters. The average molecular weight is 525 g/mol. The summed E-state index contributed by atoms with van der Waals surface area (Å²) in [5.41, 5.74) is 2.74. The van der Waals surface area contributed by atoms with Crippen LogP contribution in [0.1, 0.15) is 33.8 Å². The first-order valence-corrected chi connectivity index (χ1v) is 12.5. The van der Waals surface area contributed by atoms with Gasteiger partial charge < -0.3 is 5.11 Å². The number of aryl methyl sites for hydroxylation is 1. The molecule has 2 aromatic carbocycles. The van der Waals surface area contributed by atoms with Crippen LogP contribution in [-0.2, 0) is 11.2 Å². The molecule has 0 fully saturated rings. The van der Waals surface area contributed by atoms with E-state index in [0.717, 1.165) is 21.1 Å². The number of aromatic nitrogens is 1. The first-order chi connectivity index (χ1) is 15.5. The molecule has 0 radical (unpaired) electrons. The number of nitrogens with zero attached hydrogens (tertiary/aromatic N) is 2. The number of halogens is 1. The van der Waals surface area contributed by atoms with Crippen molar-refractivity contribution in [1.29, 1.82) is 0 Å². The van der Waals surface area contributed by atoms with Gasteiger partial charge in [0.25, 0.3) is 5.91 Å². The number of benzene rings is 2. The number of anilines is 1. The van der Waals surface area contributed by atoms with Gasteiger partial charge in [-0.1, -0.05) is 58.5 Å². The third-order valence-corrected chi connectivity index (χ3v) is 7.80. The summed E-state index contributed by atoms with van der Waals surface area (Å²) >= 11 is 6.14. The first-order valence-electron chi connectivity index (χ1n) is 9.97. The predicted molar refractivity (Wildman–Crippen MR) is 132 cm³/mol. The second-order valence-corrected chi connectivity index (χ2v) is 10.2. The quantitative estimate of drug-likeness (QED) is 0.304. The van der Waals surface area contributed by atoms with E-state index in [-0.39, 0.29) is 11.4 Å². The highest BCUT2D eigenvalue weighted by Gasteiger charge is 2.46. The lowest BCUT2D eigenvalue weighted by molar-refractivity contribution is -0.117. The average Bonchev–Trinajstić information content (AvgIpc) is 3.51. The lowest BCUT2D eigenvalue weighted by Crippen LogP contribution is -2.30. The normalized spacial score (nSPS) is 16.4. The Kier molecular flexibility index (Phi) is 5.44. The van der Waals surface area contributed by atoms with Crippen LogP contribution >= 0.6 is 38.6 Å². The summed E-state index contributed by atoms with van der Waals surface area (Å²) < 4.78 is 1.77. The highest BCUT2D eigenvalue weighted by molar-refractivity contribution is 9.10. The van der Waals surface area contributed by atoms with Gasteiger partial charge in [0.05, 0.1) is 26.7 Å². The molecule has 8 heteroatoms. The molecule has 0 aliphatic carbocycles. The molecule has 2 aromatic heterocycles. The molecule has 4 aromatic rings. The SMILES string of the molecule is CCc1ccc2nc(N3C(=O)C(O)=C(C(=O)c4cccs4)[C@@H]3c3cccc(Br)c3)sc2c1. The largest absolute Gasteiger partial charge is 0.503 e. The fourth-order valence-corrected chi connectivity index (χ4v) is 6.00. The third-order valence-electron chi connectivity index (χ3n) is 5.42. The highest BCUT2D eigenvalue weighted by atomic mass is 79.9. The maximum atomic E-state index is 13.4. The summed E-state index contributed by atoms with van der Waals surface area (Å²) in [6.07, 6.45) is 0.897. The van der Waals surface area contributed by atoms with E-state index in [0.29, 0.717) is 15.6 Å². The van der Waals surface area contributed by atoms with Gasteiger partial charge in [-0.05, 0) is 53.3 Å². The lowest BCUT2D eigenvalue weighted by Gasteiger charge is -2.24. The predicted octanol–water partition coefficient (Wildman–Crippen LogP) is 6.47. The molecule has 0 bridgehead atoms. The fraction of sp³-hybridized carbons (Fsp3) is 0.125. The van der Waals surface area contributed by atoms with E-state index >= 15 is 0 Å². The number of fused-ring (bicyclic) bond motifs is 1. The van der Waals surface area contributed by atoms with Crippen LogP contribution in [0.4, 0.5) is 5.13 Å². The van der Waals surface area contributed by atoms with Gasteiger partial charge in [0, 0.05) is 4.47 Å². The monoisotopic (exact) mass is 524 g/mol. The maximum Gasteiger partial charge on any atom is 0.296 e. The number of hydrogen-bond acceptors (Lipinski definition) is 6. The molecule has 160 valence electrons. The second-order valence-electron chi connectivity index (χ2n) is 7.35.